The van der Waals surface area contributed by atoms with Crippen LogP contribution in [0.3, 0.4) is 0 Å². The van der Waals surface area contributed by atoms with Crippen molar-refractivity contribution in [2.75, 3.05) is 32.7 Å². The molecule has 17 heavy (non-hydrogen) atoms. The van der Waals surface area contributed by atoms with Crippen molar-refractivity contribution in [3.8, 4) is 0 Å². The van der Waals surface area contributed by atoms with Crippen LogP contribution in [-0.2, 0) is 16.0 Å². The second-order valence-corrected chi connectivity index (χ2v) is 3.57. The minimum absolute atomic E-state index is 0.467. The first-order chi connectivity index (χ1) is 8.33. The quantitative estimate of drug-likeness (QED) is 0.746. The van der Waals surface area contributed by atoms with Crippen LogP contribution in [0.1, 0.15) is 0 Å². The minimum atomic E-state index is 0.467. The monoisotopic (exact) mass is 236 g/mol. The summed E-state index contributed by atoms with van der Waals surface area (Å²) in [5.41, 5.74) is 7.43. The summed E-state index contributed by atoms with van der Waals surface area (Å²) in [4.78, 5) is 8.48. The Morgan fingerprint density at radius 3 is 3.06 bits per heavy atom. The Hall–Kier alpha value is -1.66. The van der Waals surface area contributed by atoms with Gasteiger partial charge in [0.2, 0.25) is 5.95 Å². The molecule has 6 nitrogen and oxygen atoms in total. The summed E-state index contributed by atoms with van der Waals surface area (Å²) in [6.45, 7) is 2.38. The highest BCUT2D eigenvalue weighted by atomic mass is 16.5. The first kappa shape index (κ1) is 11.8. The van der Waals surface area contributed by atoms with E-state index in [2.05, 4.69) is 9.97 Å². The number of nitrogen functional groups attached to an aromatic ring is 1. The van der Waals surface area contributed by atoms with E-state index in [0.717, 1.165) is 11.2 Å². The molecule has 2 aromatic rings. The first-order valence-electron chi connectivity index (χ1n) is 5.46. The van der Waals surface area contributed by atoms with Crippen LogP contribution in [0.5, 0.6) is 0 Å². The van der Waals surface area contributed by atoms with Gasteiger partial charge in [-0.2, -0.15) is 0 Å². The number of pyridine rings is 1. The van der Waals surface area contributed by atoms with Gasteiger partial charge in [-0.25, -0.2) is 9.97 Å². The molecule has 0 atom stereocenters. The van der Waals surface area contributed by atoms with Crippen molar-refractivity contribution < 1.29 is 9.47 Å². The van der Waals surface area contributed by atoms with Crippen molar-refractivity contribution in [1.82, 2.24) is 14.5 Å². The largest absolute Gasteiger partial charge is 0.382 e. The van der Waals surface area contributed by atoms with E-state index < -0.39 is 0 Å². The van der Waals surface area contributed by atoms with E-state index in [9.17, 15) is 0 Å². The van der Waals surface area contributed by atoms with E-state index in [1.807, 2.05) is 16.7 Å². The lowest BCUT2D eigenvalue weighted by molar-refractivity contribution is 0.0671. The average molecular weight is 236 g/mol. The molecule has 0 aromatic carbocycles. The van der Waals surface area contributed by atoms with Gasteiger partial charge in [0.15, 0.2) is 5.65 Å². The summed E-state index contributed by atoms with van der Waals surface area (Å²) in [6.07, 6.45) is 1.73. The average Bonchev–Trinajstić information content (AvgIpc) is 2.65. The van der Waals surface area contributed by atoms with Crippen LogP contribution in [0.25, 0.3) is 11.2 Å². The summed E-state index contributed by atoms with van der Waals surface area (Å²) in [7, 11) is 1.65. The van der Waals surface area contributed by atoms with Crippen molar-refractivity contribution in [3.05, 3.63) is 18.3 Å². The van der Waals surface area contributed by atoms with Gasteiger partial charge in [-0.05, 0) is 12.1 Å². The van der Waals surface area contributed by atoms with Crippen molar-refractivity contribution >= 4 is 17.1 Å². The number of fused-ring (bicyclic) bond motifs is 1. The molecule has 0 aliphatic heterocycles. The fourth-order valence-electron chi connectivity index (χ4n) is 1.60. The molecule has 0 bridgehead atoms. The molecule has 2 N–H and O–H groups in total. The molecule has 0 spiro atoms. The number of ether oxygens (including phenoxy) is 2. The predicted molar refractivity (Wildman–Crippen MR) is 64.6 cm³/mol. The van der Waals surface area contributed by atoms with Crippen molar-refractivity contribution in [1.29, 1.82) is 0 Å². The number of hydrogen-bond donors (Lipinski definition) is 1. The maximum atomic E-state index is 5.83. The number of nitrogens with zero attached hydrogens (tertiary/aromatic N) is 3. The SMILES string of the molecule is COCCOCCn1c(N)nc2cccnc21. The van der Waals surface area contributed by atoms with E-state index in [1.165, 1.54) is 0 Å². The van der Waals surface area contributed by atoms with Crippen LogP contribution in [0, 0.1) is 0 Å². The summed E-state index contributed by atoms with van der Waals surface area (Å²) >= 11 is 0. The molecule has 6 heteroatoms. The zero-order valence-electron chi connectivity index (χ0n) is 9.80. The third-order valence-electron chi connectivity index (χ3n) is 2.42. The standard InChI is InChI=1S/C11H16N4O2/c1-16-7-8-17-6-5-15-10-9(14-11(15)12)3-2-4-13-10/h2-4H,5-8H2,1H3,(H2,12,14). The van der Waals surface area contributed by atoms with Gasteiger partial charge in [0.05, 0.1) is 26.4 Å². The molecule has 2 aromatic heterocycles. The molecule has 0 aliphatic rings. The first-order valence-corrected chi connectivity index (χ1v) is 5.46. The van der Waals surface area contributed by atoms with Crippen molar-refractivity contribution in [3.63, 3.8) is 0 Å². The van der Waals surface area contributed by atoms with Gasteiger partial charge in [-0.3, -0.25) is 4.57 Å². The van der Waals surface area contributed by atoms with E-state index in [4.69, 9.17) is 15.2 Å². The Morgan fingerprint density at radius 2 is 2.24 bits per heavy atom. The fraction of sp³-hybridized carbons (Fsp3) is 0.455. The van der Waals surface area contributed by atoms with E-state index in [1.54, 1.807) is 13.3 Å². The zero-order valence-corrected chi connectivity index (χ0v) is 9.80. The fourth-order valence-corrected chi connectivity index (χ4v) is 1.60. The molecule has 0 saturated heterocycles. The smallest absolute Gasteiger partial charge is 0.202 e. The third kappa shape index (κ3) is 2.72. The summed E-state index contributed by atoms with van der Waals surface area (Å²) in [5.74, 6) is 0.467. The van der Waals surface area contributed by atoms with E-state index in [-0.39, 0.29) is 0 Å². The Morgan fingerprint density at radius 1 is 1.35 bits per heavy atom. The van der Waals surface area contributed by atoms with Crippen LogP contribution >= 0.6 is 0 Å². The van der Waals surface area contributed by atoms with E-state index >= 15 is 0 Å². The molecular formula is C11H16N4O2. The number of nitrogens with two attached hydrogens (primary N) is 1. The number of hydrogen-bond acceptors (Lipinski definition) is 5. The number of rotatable bonds is 6. The Balaban J connectivity index is 2.00. The molecular weight excluding hydrogens is 220 g/mol. The normalized spacial score (nSPS) is 11.1. The number of anilines is 1. The van der Waals surface area contributed by atoms with Crippen LogP contribution < -0.4 is 5.73 Å². The number of aromatic nitrogens is 3. The predicted octanol–water partition coefficient (Wildman–Crippen LogP) is 0.676. The lowest BCUT2D eigenvalue weighted by Gasteiger charge is -2.06. The van der Waals surface area contributed by atoms with Crippen LogP contribution in [0.2, 0.25) is 0 Å². The Bertz CT molecular complexity index is 483. The van der Waals surface area contributed by atoms with Crippen molar-refractivity contribution in [2.45, 2.75) is 6.54 Å². The highest BCUT2D eigenvalue weighted by molar-refractivity contribution is 5.73. The maximum absolute atomic E-state index is 5.83. The van der Waals surface area contributed by atoms with Gasteiger partial charge < -0.3 is 15.2 Å². The van der Waals surface area contributed by atoms with Gasteiger partial charge in [0.1, 0.15) is 5.52 Å². The number of methoxy groups -OCH3 is 1. The molecule has 2 rings (SSSR count). The van der Waals surface area contributed by atoms with Gasteiger partial charge in [-0.15, -0.1) is 0 Å². The summed E-state index contributed by atoms with van der Waals surface area (Å²) < 4.78 is 12.1. The zero-order chi connectivity index (χ0) is 12.1. The van der Waals surface area contributed by atoms with Gasteiger partial charge in [0.25, 0.3) is 0 Å². The number of imidazole rings is 1. The molecule has 0 amide bonds. The van der Waals surface area contributed by atoms with Gasteiger partial charge >= 0.3 is 0 Å². The van der Waals surface area contributed by atoms with Crippen LogP contribution in [0.4, 0.5) is 5.95 Å². The summed E-state index contributed by atoms with van der Waals surface area (Å²) in [5, 5.41) is 0. The second kappa shape index (κ2) is 5.60. The van der Waals surface area contributed by atoms with Crippen LogP contribution in [0.15, 0.2) is 18.3 Å². The molecule has 0 unspecified atom stereocenters. The van der Waals surface area contributed by atoms with Crippen LogP contribution in [-0.4, -0.2) is 41.5 Å². The third-order valence-corrected chi connectivity index (χ3v) is 2.42. The second-order valence-electron chi connectivity index (χ2n) is 3.57. The molecule has 0 fully saturated rings. The topological polar surface area (TPSA) is 75.2 Å². The molecule has 0 aliphatic carbocycles. The lowest BCUT2D eigenvalue weighted by atomic mass is 10.4. The van der Waals surface area contributed by atoms with Crippen molar-refractivity contribution in [2.24, 2.45) is 0 Å². The molecule has 92 valence electrons. The van der Waals surface area contributed by atoms with Gasteiger partial charge in [0, 0.05) is 13.3 Å². The molecule has 0 radical (unpaired) electrons. The molecule has 0 saturated carbocycles. The Labute approximate surface area is 99.4 Å². The highest BCUT2D eigenvalue weighted by Gasteiger charge is 2.07. The molecule has 2 heterocycles. The minimum Gasteiger partial charge on any atom is -0.382 e. The summed E-state index contributed by atoms with van der Waals surface area (Å²) in [6, 6.07) is 3.73. The Kier molecular flexibility index (Phi) is 3.89. The highest BCUT2D eigenvalue weighted by Crippen LogP contribution is 2.14. The lowest BCUT2D eigenvalue weighted by Crippen LogP contribution is -2.11. The van der Waals surface area contributed by atoms with E-state index in [0.29, 0.717) is 32.3 Å². The maximum Gasteiger partial charge on any atom is 0.202 e. The van der Waals surface area contributed by atoms with Gasteiger partial charge in [-0.1, -0.05) is 0 Å².